The van der Waals surface area contributed by atoms with E-state index in [1.54, 1.807) is 30.3 Å². The van der Waals surface area contributed by atoms with Crippen LogP contribution in [0.3, 0.4) is 0 Å². The molecule has 136 valence electrons. The third-order valence-corrected chi connectivity index (χ3v) is 5.94. The number of benzene rings is 2. The van der Waals surface area contributed by atoms with Gasteiger partial charge >= 0.3 is 0 Å². The molecule has 1 fully saturated rings. The van der Waals surface area contributed by atoms with Gasteiger partial charge in [-0.3, -0.25) is 4.79 Å². The van der Waals surface area contributed by atoms with Gasteiger partial charge in [0, 0.05) is 27.2 Å². The van der Waals surface area contributed by atoms with Gasteiger partial charge in [-0.25, -0.2) is 4.39 Å². The summed E-state index contributed by atoms with van der Waals surface area (Å²) in [6, 6.07) is 9.77. The molecular weight excluding hydrogens is 419 g/mol. The molecule has 2 aromatic rings. The molecule has 3 rings (SSSR count). The van der Waals surface area contributed by atoms with Crippen molar-refractivity contribution in [3.05, 3.63) is 69.7 Å². The van der Waals surface area contributed by atoms with Crippen molar-refractivity contribution in [2.75, 3.05) is 5.32 Å². The number of hydrogen-bond donors (Lipinski definition) is 1. The fourth-order valence-electron chi connectivity index (χ4n) is 2.96. The summed E-state index contributed by atoms with van der Waals surface area (Å²) < 4.78 is 12.2. The van der Waals surface area contributed by atoms with Crippen molar-refractivity contribution >= 4 is 63.8 Å². The van der Waals surface area contributed by atoms with E-state index in [0.29, 0.717) is 21.3 Å². The molecule has 0 spiro atoms. The number of hydrogen-bond acceptors (Lipinski definition) is 1. The summed E-state index contributed by atoms with van der Waals surface area (Å²) in [5, 5.41) is 3.71. The Bertz CT molecular complexity index is 912. The van der Waals surface area contributed by atoms with Gasteiger partial charge in [0.05, 0.1) is 5.92 Å². The number of amides is 1. The van der Waals surface area contributed by atoms with E-state index in [-0.39, 0.29) is 11.5 Å². The molecule has 7 heteroatoms. The third-order valence-electron chi connectivity index (χ3n) is 4.35. The van der Waals surface area contributed by atoms with Gasteiger partial charge in [-0.1, -0.05) is 29.8 Å². The van der Waals surface area contributed by atoms with Crippen molar-refractivity contribution in [1.29, 1.82) is 0 Å². The Kier molecular flexibility index (Phi) is 5.28. The van der Waals surface area contributed by atoms with E-state index >= 15 is 0 Å². The van der Waals surface area contributed by atoms with Gasteiger partial charge < -0.3 is 5.32 Å². The lowest BCUT2D eigenvalue weighted by atomic mass is 10.0. The van der Waals surface area contributed by atoms with Crippen LogP contribution in [0.2, 0.25) is 10.0 Å². The summed E-state index contributed by atoms with van der Waals surface area (Å²) in [6.45, 7) is 5.10. The summed E-state index contributed by atoms with van der Waals surface area (Å²) >= 11 is 24.7. The summed E-state index contributed by atoms with van der Waals surface area (Å²) in [5.41, 5.74) is 2.25. The number of nitrogens with one attached hydrogen (secondary N) is 1. The Balaban J connectivity index is 1.84. The van der Waals surface area contributed by atoms with Gasteiger partial charge in [-0.05, 0) is 54.4 Å². The van der Waals surface area contributed by atoms with Crippen LogP contribution in [0.5, 0.6) is 0 Å². The molecule has 0 saturated heterocycles. The first kappa shape index (κ1) is 19.5. The molecule has 1 amide bonds. The average molecular weight is 433 g/mol. The minimum Gasteiger partial charge on any atom is -0.326 e. The van der Waals surface area contributed by atoms with Crippen LogP contribution < -0.4 is 5.32 Å². The Morgan fingerprint density at radius 1 is 1.19 bits per heavy atom. The molecule has 2 nitrogen and oxygen atoms in total. The van der Waals surface area contributed by atoms with Crippen molar-refractivity contribution in [2.45, 2.75) is 17.2 Å². The van der Waals surface area contributed by atoms with Gasteiger partial charge in [0.15, 0.2) is 0 Å². The minimum atomic E-state index is -1.30. The normalized spacial score (nSPS) is 20.5. The highest BCUT2D eigenvalue weighted by molar-refractivity contribution is 6.53. The smallest absolute Gasteiger partial charge is 0.231 e. The Hall–Kier alpha value is -1.26. The standard InChI is InChI=1S/C19H14Cl4FNO/c1-9-5-14(3-4-15(9)21)25-18(26)17-16(19(17,22)23)12-6-11(10(2)24)7-13(20)8-12/h3-8,16-17H,2H2,1H3,(H,25,26). The molecule has 0 bridgehead atoms. The third kappa shape index (κ3) is 3.72. The van der Waals surface area contributed by atoms with Gasteiger partial charge in [-0.2, -0.15) is 0 Å². The predicted octanol–water partition coefficient (Wildman–Crippen LogP) is 6.77. The molecule has 0 aromatic heterocycles. The van der Waals surface area contributed by atoms with Crippen LogP contribution in [0, 0.1) is 12.8 Å². The van der Waals surface area contributed by atoms with Gasteiger partial charge in [0.1, 0.15) is 10.2 Å². The second-order valence-electron chi connectivity index (χ2n) is 6.26. The van der Waals surface area contributed by atoms with E-state index in [2.05, 4.69) is 11.9 Å². The molecule has 1 N–H and O–H groups in total. The number of carbonyl (C=O) groups is 1. The average Bonchev–Trinajstić information content (AvgIpc) is 3.13. The number of halogens is 5. The fourth-order valence-corrected chi connectivity index (χ4v) is 4.15. The lowest BCUT2D eigenvalue weighted by molar-refractivity contribution is -0.117. The first-order valence-corrected chi connectivity index (χ1v) is 9.22. The van der Waals surface area contributed by atoms with Crippen molar-refractivity contribution in [3.8, 4) is 0 Å². The number of rotatable bonds is 4. The first-order valence-electron chi connectivity index (χ1n) is 7.71. The van der Waals surface area contributed by atoms with Crippen molar-refractivity contribution in [2.24, 2.45) is 5.92 Å². The molecule has 1 aliphatic rings. The predicted molar refractivity (Wildman–Crippen MR) is 107 cm³/mol. The van der Waals surface area contributed by atoms with E-state index in [1.807, 2.05) is 6.92 Å². The van der Waals surface area contributed by atoms with Crippen molar-refractivity contribution in [1.82, 2.24) is 0 Å². The largest absolute Gasteiger partial charge is 0.326 e. The molecule has 0 radical (unpaired) electrons. The van der Waals surface area contributed by atoms with Gasteiger partial charge in [0.25, 0.3) is 0 Å². The number of alkyl halides is 2. The summed E-state index contributed by atoms with van der Waals surface area (Å²) in [7, 11) is 0. The van der Waals surface area contributed by atoms with Crippen LogP contribution in [0.1, 0.15) is 22.6 Å². The van der Waals surface area contributed by atoms with E-state index < -0.39 is 22.0 Å². The lowest BCUT2D eigenvalue weighted by Crippen LogP contribution is -2.17. The van der Waals surface area contributed by atoms with Crippen molar-refractivity contribution in [3.63, 3.8) is 0 Å². The van der Waals surface area contributed by atoms with E-state index in [4.69, 9.17) is 46.4 Å². The molecule has 1 aliphatic carbocycles. The zero-order valence-electron chi connectivity index (χ0n) is 13.6. The zero-order valence-corrected chi connectivity index (χ0v) is 16.6. The van der Waals surface area contributed by atoms with Crippen LogP contribution in [0.4, 0.5) is 10.1 Å². The molecule has 26 heavy (non-hydrogen) atoms. The Labute approximate surface area is 170 Å². The van der Waals surface area contributed by atoms with Crippen LogP contribution in [0.25, 0.3) is 5.83 Å². The summed E-state index contributed by atoms with van der Waals surface area (Å²) in [4.78, 5) is 12.6. The van der Waals surface area contributed by atoms with Crippen LogP contribution >= 0.6 is 46.4 Å². The quantitative estimate of drug-likeness (QED) is 0.530. The van der Waals surface area contributed by atoms with Gasteiger partial charge in [0.2, 0.25) is 5.91 Å². The molecule has 2 unspecified atom stereocenters. The monoisotopic (exact) mass is 431 g/mol. The maximum absolute atomic E-state index is 13.5. The summed E-state index contributed by atoms with van der Waals surface area (Å²) in [5.74, 6) is -2.15. The van der Waals surface area contributed by atoms with E-state index in [0.717, 1.165) is 5.56 Å². The highest BCUT2D eigenvalue weighted by Crippen LogP contribution is 2.65. The molecule has 1 saturated carbocycles. The van der Waals surface area contributed by atoms with Crippen LogP contribution in [-0.2, 0) is 4.79 Å². The highest BCUT2D eigenvalue weighted by atomic mass is 35.5. The Morgan fingerprint density at radius 3 is 2.50 bits per heavy atom. The first-order chi connectivity index (χ1) is 12.1. The molecule has 0 heterocycles. The molecule has 2 atom stereocenters. The lowest BCUT2D eigenvalue weighted by Gasteiger charge is -2.07. The maximum atomic E-state index is 13.5. The fraction of sp³-hybridized carbons (Fsp3) is 0.211. The van der Waals surface area contributed by atoms with Crippen molar-refractivity contribution < 1.29 is 9.18 Å². The zero-order chi connectivity index (χ0) is 19.2. The minimum absolute atomic E-state index is 0.232. The SMILES string of the molecule is C=C(F)c1cc(Cl)cc(C2C(C(=O)Nc3ccc(Cl)c(C)c3)C2(Cl)Cl)c1. The van der Waals surface area contributed by atoms with Crippen LogP contribution in [-0.4, -0.2) is 10.2 Å². The second kappa shape index (κ2) is 7.05. The van der Waals surface area contributed by atoms with Gasteiger partial charge in [-0.15, -0.1) is 23.2 Å². The maximum Gasteiger partial charge on any atom is 0.231 e. The molecule has 2 aromatic carbocycles. The van der Waals surface area contributed by atoms with E-state index in [1.165, 1.54) is 6.07 Å². The highest BCUT2D eigenvalue weighted by Gasteiger charge is 2.67. The topological polar surface area (TPSA) is 29.1 Å². The number of aryl methyl sites for hydroxylation is 1. The van der Waals surface area contributed by atoms with Crippen LogP contribution in [0.15, 0.2) is 43.0 Å². The molecule has 0 aliphatic heterocycles. The van der Waals surface area contributed by atoms with E-state index in [9.17, 15) is 9.18 Å². The number of anilines is 1. The molecular formula is C19H14Cl4FNO. The summed E-state index contributed by atoms with van der Waals surface area (Å²) in [6.07, 6.45) is 0. The second-order valence-corrected chi connectivity index (χ2v) is 8.55. The number of carbonyl (C=O) groups excluding carboxylic acids is 1. The Morgan fingerprint density at radius 2 is 1.88 bits per heavy atom.